The van der Waals surface area contributed by atoms with Crippen molar-refractivity contribution in [1.29, 1.82) is 0 Å². The number of benzene rings is 1. The second-order valence-electron chi connectivity index (χ2n) is 5.31. The number of hydrogen-bond acceptors (Lipinski definition) is 5. The Kier molecular flexibility index (Phi) is 6.37. The molecule has 1 aromatic carbocycles. The Morgan fingerprint density at radius 2 is 1.96 bits per heavy atom. The van der Waals surface area contributed by atoms with Crippen LogP contribution in [0.3, 0.4) is 0 Å². The van der Waals surface area contributed by atoms with Crippen LogP contribution in [0.4, 0.5) is 0 Å². The molecule has 1 heterocycles. The molecule has 1 amide bonds. The van der Waals surface area contributed by atoms with E-state index in [4.69, 9.17) is 14.6 Å². The van der Waals surface area contributed by atoms with E-state index in [-0.39, 0.29) is 12.5 Å². The van der Waals surface area contributed by atoms with Crippen molar-refractivity contribution < 1.29 is 24.2 Å². The summed E-state index contributed by atoms with van der Waals surface area (Å²) in [5.74, 6) is -0.353. The van der Waals surface area contributed by atoms with Gasteiger partial charge in [0.2, 0.25) is 0 Å². The van der Waals surface area contributed by atoms with E-state index >= 15 is 0 Å². The van der Waals surface area contributed by atoms with E-state index in [2.05, 4.69) is 5.32 Å². The number of amides is 1. The first-order valence-electron chi connectivity index (χ1n) is 7.57. The van der Waals surface area contributed by atoms with Crippen molar-refractivity contribution in [2.24, 2.45) is 0 Å². The van der Waals surface area contributed by atoms with Crippen LogP contribution in [0, 0.1) is 0 Å². The van der Waals surface area contributed by atoms with Gasteiger partial charge in [-0.05, 0) is 31.2 Å². The normalized spacial score (nSPS) is 16.0. The number of nitrogens with zero attached hydrogens (tertiary/aromatic N) is 1. The zero-order valence-corrected chi connectivity index (χ0v) is 13.2. The number of carboxylic acid groups (broad SMARTS) is 1. The lowest BCUT2D eigenvalue weighted by molar-refractivity contribution is -0.139. The monoisotopic (exact) mass is 322 g/mol. The lowest BCUT2D eigenvalue weighted by atomic mass is 10.1. The fourth-order valence-corrected chi connectivity index (χ4v) is 2.32. The van der Waals surface area contributed by atoms with E-state index < -0.39 is 12.0 Å². The maximum Gasteiger partial charge on any atom is 0.321 e. The Morgan fingerprint density at radius 3 is 2.52 bits per heavy atom. The number of rotatable bonds is 7. The number of ether oxygens (including phenoxy) is 2. The summed E-state index contributed by atoms with van der Waals surface area (Å²) in [6.45, 7) is 2.32. The Morgan fingerprint density at radius 1 is 1.30 bits per heavy atom. The second-order valence-corrected chi connectivity index (χ2v) is 5.31. The number of nitrogens with one attached hydrogen (secondary N) is 1. The summed E-state index contributed by atoms with van der Waals surface area (Å²) >= 11 is 0. The van der Waals surface area contributed by atoms with Gasteiger partial charge in [0.15, 0.2) is 6.61 Å². The molecule has 0 saturated carbocycles. The lowest BCUT2D eigenvalue weighted by Gasteiger charge is -2.26. The molecular weight excluding hydrogens is 300 g/mol. The third-order valence-corrected chi connectivity index (χ3v) is 3.74. The van der Waals surface area contributed by atoms with Gasteiger partial charge < -0.3 is 24.8 Å². The molecule has 0 bridgehead atoms. The molecule has 0 spiro atoms. The Balaban J connectivity index is 1.82. The Hall–Kier alpha value is -2.12. The zero-order chi connectivity index (χ0) is 16.7. The summed E-state index contributed by atoms with van der Waals surface area (Å²) in [5, 5.41) is 11.8. The molecule has 1 atom stereocenters. The number of aliphatic carboxylic acids is 1. The van der Waals surface area contributed by atoms with Crippen LogP contribution < -0.4 is 10.1 Å². The fraction of sp³-hybridized carbons (Fsp3) is 0.500. The third kappa shape index (κ3) is 5.22. The first-order valence-corrected chi connectivity index (χ1v) is 7.57. The van der Waals surface area contributed by atoms with Crippen LogP contribution in [-0.2, 0) is 20.7 Å². The Bertz CT molecular complexity index is 526. The molecule has 23 heavy (non-hydrogen) atoms. The maximum absolute atomic E-state index is 12.0. The minimum absolute atomic E-state index is 0.00634. The van der Waals surface area contributed by atoms with Crippen LogP contribution >= 0.6 is 0 Å². The number of hydrogen-bond donors (Lipinski definition) is 2. The summed E-state index contributed by atoms with van der Waals surface area (Å²) in [4.78, 5) is 24.7. The van der Waals surface area contributed by atoms with Crippen LogP contribution in [0.1, 0.15) is 5.56 Å². The number of likely N-dealkylation sites (N-methyl/N-ethyl adjacent to an activating group) is 1. The van der Waals surface area contributed by atoms with Crippen molar-refractivity contribution in [2.75, 3.05) is 40.0 Å². The smallest absolute Gasteiger partial charge is 0.321 e. The highest BCUT2D eigenvalue weighted by Gasteiger charge is 2.17. The molecule has 0 radical (unpaired) electrons. The molecule has 7 nitrogen and oxygen atoms in total. The predicted octanol–water partition coefficient (Wildman–Crippen LogP) is 0.139. The predicted molar refractivity (Wildman–Crippen MR) is 83.5 cm³/mol. The standard InChI is InChI=1S/C16H22N2O5/c1-17-14(16(20)21)10-12-2-4-13(5-3-12)23-11-15(19)18-6-8-22-9-7-18/h2-5,14,17H,6-11H2,1H3,(H,20,21)/t14-/m0/s1. The highest BCUT2D eigenvalue weighted by Crippen LogP contribution is 2.14. The van der Waals surface area contributed by atoms with Crippen LogP contribution in [0.25, 0.3) is 0 Å². The highest BCUT2D eigenvalue weighted by molar-refractivity contribution is 5.77. The Labute approximate surface area is 135 Å². The maximum atomic E-state index is 12.0. The number of carbonyl (C=O) groups excluding carboxylic acids is 1. The number of carboxylic acids is 1. The van der Waals surface area contributed by atoms with Gasteiger partial charge in [-0.15, -0.1) is 0 Å². The van der Waals surface area contributed by atoms with E-state index in [1.807, 2.05) is 12.1 Å². The van der Waals surface area contributed by atoms with Gasteiger partial charge in [0.1, 0.15) is 11.8 Å². The second kappa shape index (κ2) is 8.50. The lowest BCUT2D eigenvalue weighted by Crippen LogP contribution is -2.42. The van der Waals surface area contributed by atoms with E-state index in [1.165, 1.54) is 0 Å². The van der Waals surface area contributed by atoms with Gasteiger partial charge in [-0.3, -0.25) is 9.59 Å². The number of carbonyl (C=O) groups is 2. The van der Waals surface area contributed by atoms with Gasteiger partial charge in [-0.25, -0.2) is 0 Å². The van der Waals surface area contributed by atoms with Crippen molar-refractivity contribution in [3.63, 3.8) is 0 Å². The molecule has 0 aromatic heterocycles. The first-order chi connectivity index (χ1) is 11.1. The topological polar surface area (TPSA) is 88.1 Å². The quantitative estimate of drug-likeness (QED) is 0.742. The average Bonchev–Trinajstić information content (AvgIpc) is 2.59. The van der Waals surface area contributed by atoms with E-state index in [0.717, 1.165) is 5.56 Å². The van der Waals surface area contributed by atoms with Crippen molar-refractivity contribution >= 4 is 11.9 Å². The van der Waals surface area contributed by atoms with Crippen LogP contribution in [0.5, 0.6) is 5.75 Å². The molecule has 2 N–H and O–H groups in total. The SMILES string of the molecule is CN[C@@H](Cc1ccc(OCC(=O)N2CCOCC2)cc1)C(=O)O. The first kappa shape index (κ1) is 17.2. The van der Waals surface area contributed by atoms with Gasteiger partial charge in [0.05, 0.1) is 13.2 Å². The van der Waals surface area contributed by atoms with Gasteiger partial charge in [-0.2, -0.15) is 0 Å². The molecule has 1 fully saturated rings. The van der Waals surface area contributed by atoms with Crippen LogP contribution in [0.2, 0.25) is 0 Å². The molecule has 1 aliphatic heterocycles. The van der Waals surface area contributed by atoms with Gasteiger partial charge in [-0.1, -0.05) is 12.1 Å². The molecular formula is C16H22N2O5. The van der Waals surface area contributed by atoms with E-state index in [9.17, 15) is 9.59 Å². The fourth-order valence-electron chi connectivity index (χ4n) is 2.32. The largest absolute Gasteiger partial charge is 0.484 e. The minimum Gasteiger partial charge on any atom is -0.484 e. The van der Waals surface area contributed by atoms with E-state index in [0.29, 0.717) is 38.5 Å². The highest BCUT2D eigenvalue weighted by atomic mass is 16.5. The van der Waals surface area contributed by atoms with Gasteiger partial charge >= 0.3 is 5.97 Å². The summed E-state index contributed by atoms with van der Waals surface area (Å²) < 4.78 is 10.7. The van der Waals surface area contributed by atoms with E-state index in [1.54, 1.807) is 24.1 Å². The molecule has 1 saturated heterocycles. The summed E-state index contributed by atoms with van der Waals surface area (Å²) in [7, 11) is 1.62. The van der Waals surface area contributed by atoms with Gasteiger partial charge in [0, 0.05) is 13.1 Å². The summed E-state index contributed by atoms with van der Waals surface area (Å²) in [6.07, 6.45) is 0.388. The molecule has 2 rings (SSSR count). The summed E-state index contributed by atoms with van der Waals surface area (Å²) in [6, 6.07) is 6.49. The molecule has 0 unspecified atom stereocenters. The average molecular weight is 322 g/mol. The molecule has 1 aliphatic rings. The van der Waals surface area contributed by atoms with Crippen molar-refractivity contribution in [2.45, 2.75) is 12.5 Å². The molecule has 0 aliphatic carbocycles. The van der Waals surface area contributed by atoms with Crippen molar-refractivity contribution in [1.82, 2.24) is 10.2 Å². The van der Waals surface area contributed by atoms with Crippen LogP contribution in [-0.4, -0.2) is 67.9 Å². The minimum atomic E-state index is -0.885. The third-order valence-electron chi connectivity index (χ3n) is 3.74. The molecule has 7 heteroatoms. The summed E-state index contributed by atoms with van der Waals surface area (Å²) in [5.41, 5.74) is 0.888. The number of morpholine rings is 1. The van der Waals surface area contributed by atoms with Crippen molar-refractivity contribution in [3.05, 3.63) is 29.8 Å². The zero-order valence-electron chi connectivity index (χ0n) is 13.2. The van der Waals surface area contributed by atoms with Crippen molar-refractivity contribution in [3.8, 4) is 5.75 Å². The van der Waals surface area contributed by atoms with Crippen LogP contribution in [0.15, 0.2) is 24.3 Å². The van der Waals surface area contributed by atoms with Gasteiger partial charge in [0.25, 0.3) is 5.91 Å². The molecule has 1 aromatic rings. The molecule has 126 valence electrons.